The molecule has 1 rings (SSSR count). The molecule has 16 heavy (non-hydrogen) atoms. The number of primary amides is 1. The van der Waals surface area contributed by atoms with E-state index in [2.05, 4.69) is 4.98 Å². The summed E-state index contributed by atoms with van der Waals surface area (Å²) < 4.78 is 10.3. The third-order valence-electron chi connectivity index (χ3n) is 1.81. The molecule has 0 saturated carbocycles. The Kier molecular flexibility index (Phi) is 4.53. The van der Waals surface area contributed by atoms with E-state index in [0.717, 1.165) is 0 Å². The average molecular weight is 225 g/mol. The number of hydrogen-bond donors (Lipinski definition) is 2. The molecule has 0 fully saturated rings. The molecular formula is C10H15N3O3. The van der Waals surface area contributed by atoms with E-state index >= 15 is 0 Å². The molecule has 1 amide bonds. The highest BCUT2D eigenvalue weighted by Gasteiger charge is 2.11. The Morgan fingerprint density at radius 1 is 1.50 bits per heavy atom. The summed E-state index contributed by atoms with van der Waals surface area (Å²) in [6.07, 6.45) is 1.41. The fourth-order valence-corrected chi connectivity index (χ4v) is 1.10. The molecule has 0 aromatic carbocycles. The van der Waals surface area contributed by atoms with Crippen LogP contribution in [0.15, 0.2) is 12.3 Å². The summed E-state index contributed by atoms with van der Waals surface area (Å²) in [5.74, 6) is -0.437. The molecule has 0 atom stereocenters. The van der Waals surface area contributed by atoms with Gasteiger partial charge in [0.15, 0.2) is 0 Å². The number of carbonyl (C=O) groups excluding carboxylic acids is 1. The summed E-state index contributed by atoms with van der Waals surface area (Å²) in [6.45, 7) is 3.24. The number of nitrogens with two attached hydrogens (primary N) is 2. The molecule has 6 nitrogen and oxygen atoms in total. The number of rotatable bonds is 6. The van der Waals surface area contributed by atoms with Crippen molar-refractivity contribution in [2.75, 3.05) is 25.6 Å². The standard InChI is InChI=1S/C10H15N3O3/c1-2-15-3-4-16-10-8(9(12)14)5-7(11)6-13-10/h5-6H,2-4,11H2,1H3,(H2,12,14). The maximum Gasteiger partial charge on any atom is 0.254 e. The second kappa shape index (κ2) is 5.92. The minimum atomic E-state index is -0.619. The molecule has 0 aliphatic carbocycles. The SMILES string of the molecule is CCOCCOc1ncc(N)cc1C(N)=O. The summed E-state index contributed by atoms with van der Waals surface area (Å²) in [4.78, 5) is 15.0. The zero-order valence-corrected chi connectivity index (χ0v) is 9.10. The number of carbonyl (C=O) groups is 1. The number of anilines is 1. The molecule has 0 radical (unpaired) electrons. The number of hydrogen-bond acceptors (Lipinski definition) is 5. The van der Waals surface area contributed by atoms with Gasteiger partial charge in [0.05, 0.1) is 18.5 Å². The first-order valence-corrected chi connectivity index (χ1v) is 4.91. The third kappa shape index (κ3) is 3.39. The predicted octanol–water partition coefficient (Wildman–Crippen LogP) is 0.178. The van der Waals surface area contributed by atoms with Crippen molar-refractivity contribution in [2.24, 2.45) is 5.73 Å². The quantitative estimate of drug-likeness (QED) is 0.672. The minimum Gasteiger partial charge on any atom is -0.475 e. The molecule has 0 spiro atoms. The van der Waals surface area contributed by atoms with Crippen LogP contribution in [0.3, 0.4) is 0 Å². The lowest BCUT2D eigenvalue weighted by Gasteiger charge is -2.08. The molecule has 1 aromatic rings. The lowest BCUT2D eigenvalue weighted by Crippen LogP contribution is -2.16. The molecule has 0 aliphatic heterocycles. The summed E-state index contributed by atoms with van der Waals surface area (Å²) in [5, 5.41) is 0. The van der Waals surface area contributed by atoms with E-state index in [-0.39, 0.29) is 11.4 Å². The van der Waals surface area contributed by atoms with E-state index in [9.17, 15) is 4.79 Å². The van der Waals surface area contributed by atoms with Gasteiger partial charge in [0.2, 0.25) is 5.88 Å². The summed E-state index contributed by atoms with van der Waals surface area (Å²) in [5.41, 5.74) is 11.2. The van der Waals surface area contributed by atoms with Gasteiger partial charge in [0.25, 0.3) is 5.91 Å². The second-order valence-corrected chi connectivity index (χ2v) is 3.03. The van der Waals surface area contributed by atoms with E-state index in [1.165, 1.54) is 12.3 Å². The van der Waals surface area contributed by atoms with Crippen molar-refractivity contribution in [3.63, 3.8) is 0 Å². The highest BCUT2D eigenvalue weighted by Crippen LogP contribution is 2.16. The van der Waals surface area contributed by atoms with Crippen molar-refractivity contribution in [3.8, 4) is 5.88 Å². The van der Waals surface area contributed by atoms with Crippen molar-refractivity contribution < 1.29 is 14.3 Å². The Morgan fingerprint density at radius 3 is 2.88 bits per heavy atom. The van der Waals surface area contributed by atoms with Crippen LogP contribution in [0, 0.1) is 0 Å². The van der Waals surface area contributed by atoms with Crippen LogP contribution in [-0.4, -0.2) is 30.7 Å². The first-order chi connectivity index (χ1) is 7.65. The highest BCUT2D eigenvalue weighted by molar-refractivity contribution is 5.95. The van der Waals surface area contributed by atoms with Crippen LogP contribution in [0.5, 0.6) is 5.88 Å². The molecule has 0 aliphatic rings. The predicted molar refractivity (Wildman–Crippen MR) is 59.2 cm³/mol. The molecule has 1 aromatic heterocycles. The molecule has 88 valence electrons. The minimum absolute atomic E-state index is 0.177. The van der Waals surface area contributed by atoms with Crippen molar-refractivity contribution in [1.29, 1.82) is 0 Å². The first kappa shape index (κ1) is 12.3. The van der Waals surface area contributed by atoms with Gasteiger partial charge in [0, 0.05) is 6.61 Å². The van der Waals surface area contributed by atoms with Gasteiger partial charge in [-0.25, -0.2) is 4.98 Å². The van der Waals surface area contributed by atoms with Crippen molar-refractivity contribution in [3.05, 3.63) is 17.8 Å². The molecule has 0 saturated heterocycles. The lowest BCUT2D eigenvalue weighted by molar-refractivity contribution is 0.0973. The second-order valence-electron chi connectivity index (χ2n) is 3.03. The zero-order chi connectivity index (χ0) is 12.0. The normalized spacial score (nSPS) is 10.1. The Bertz CT molecular complexity index is 368. The zero-order valence-electron chi connectivity index (χ0n) is 9.10. The van der Waals surface area contributed by atoms with Crippen LogP contribution in [0.1, 0.15) is 17.3 Å². The molecule has 0 unspecified atom stereocenters. The van der Waals surface area contributed by atoms with Crippen LogP contribution in [-0.2, 0) is 4.74 Å². The van der Waals surface area contributed by atoms with Gasteiger partial charge in [-0.15, -0.1) is 0 Å². The number of aromatic nitrogens is 1. The van der Waals surface area contributed by atoms with Gasteiger partial charge >= 0.3 is 0 Å². The number of pyridine rings is 1. The van der Waals surface area contributed by atoms with E-state index < -0.39 is 5.91 Å². The van der Waals surface area contributed by atoms with Crippen LogP contribution in [0.2, 0.25) is 0 Å². The van der Waals surface area contributed by atoms with Crippen molar-refractivity contribution in [2.45, 2.75) is 6.92 Å². The lowest BCUT2D eigenvalue weighted by atomic mass is 10.2. The number of nitrogen functional groups attached to an aromatic ring is 1. The van der Waals surface area contributed by atoms with E-state index in [1.807, 2.05) is 6.92 Å². The van der Waals surface area contributed by atoms with Crippen LogP contribution in [0.4, 0.5) is 5.69 Å². The van der Waals surface area contributed by atoms with E-state index in [0.29, 0.717) is 25.5 Å². The van der Waals surface area contributed by atoms with Gasteiger partial charge in [-0.2, -0.15) is 0 Å². The highest BCUT2D eigenvalue weighted by atomic mass is 16.5. The van der Waals surface area contributed by atoms with Crippen molar-refractivity contribution >= 4 is 11.6 Å². The van der Waals surface area contributed by atoms with E-state index in [1.54, 1.807) is 0 Å². The Labute approximate surface area is 93.5 Å². The Morgan fingerprint density at radius 2 is 2.25 bits per heavy atom. The summed E-state index contributed by atoms with van der Waals surface area (Å²) >= 11 is 0. The van der Waals surface area contributed by atoms with Gasteiger partial charge in [-0.3, -0.25) is 4.79 Å². The fraction of sp³-hybridized carbons (Fsp3) is 0.400. The third-order valence-corrected chi connectivity index (χ3v) is 1.81. The monoisotopic (exact) mass is 225 g/mol. The van der Waals surface area contributed by atoms with Crippen LogP contribution >= 0.6 is 0 Å². The number of amides is 1. The first-order valence-electron chi connectivity index (χ1n) is 4.91. The Balaban J connectivity index is 2.67. The van der Waals surface area contributed by atoms with Gasteiger partial charge < -0.3 is 20.9 Å². The largest absolute Gasteiger partial charge is 0.475 e. The summed E-state index contributed by atoms with van der Waals surface area (Å²) in [6, 6.07) is 1.44. The van der Waals surface area contributed by atoms with Gasteiger partial charge in [0.1, 0.15) is 12.2 Å². The summed E-state index contributed by atoms with van der Waals surface area (Å²) in [7, 11) is 0. The van der Waals surface area contributed by atoms with Crippen LogP contribution < -0.4 is 16.2 Å². The molecular weight excluding hydrogens is 210 g/mol. The van der Waals surface area contributed by atoms with Gasteiger partial charge in [-0.1, -0.05) is 0 Å². The number of nitrogens with zero attached hydrogens (tertiary/aromatic N) is 1. The molecule has 0 bridgehead atoms. The van der Waals surface area contributed by atoms with E-state index in [4.69, 9.17) is 20.9 Å². The average Bonchev–Trinajstić information content (AvgIpc) is 2.26. The molecule has 6 heteroatoms. The van der Waals surface area contributed by atoms with Gasteiger partial charge in [-0.05, 0) is 13.0 Å². The maximum atomic E-state index is 11.1. The molecule has 4 N–H and O–H groups in total. The topological polar surface area (TPSA) is 100 Å². The number of ether oxygens (including phenoxy) is 2. The molecule has 1 heterocycles. The van der Waals surface area contributed by atoms with Crippen molar-refractivity contribution in [1.82, 2.24) is 4.98 Å². The fourth-order valence-electron chi connectivity index (χ4n) is 1.10. The van der Waals surface area contributed by atoms with Crippen LogP contribution in [0.25, 0.3) is 0 Å². The smallest absolute Gasteiger partial charge is 0.254 e. The Hall–Kier alpha value is -1.82. The maximum absolute atomic E-state index is 11.1.